The minimum absolute atomic E-state index is 0.0449. The summed E-state index contributed by atoms with van der Waals surface area (Å²) in [5, 5.41) is 8.93. The number of hydrogen-bond donors (Lipinski definition) is 2. The van der Waals surface area contributed by atoms with Crippen molar-refractivity contribution in [2.45, 2.75) is 49.9 Å². The smallest absolute Gasteiger partial charge is 0.318 e. The monoisotopic (exact) mass is 472 g/mol. The number of nitrogens with zero attached hydrogens (tertiary/aromatic N) is 3. The van der Waals surface area contributed by atoms with Crippen LogP contribution in [0.2, 0.25) is 0 Å². The van der Waals surface area contributed by atoms with Gasteiger partial charge in [0, 0.05) is 55.3 Å². The molecule has 0 bridgehead atoms. The van der Waals surface area contributed by atoms with Crippen LogP contribution in [0, 0.1) is 29.6 Å². The number of nitrogens with one attached hydrogen (secondary N) is 1. The van der Waals surface area contributed by atoms with E-state index in [9.17, 15) is 18.0 Å². The Morgan fingerprint density at radius 1 is 1.30 bits per heavy atom. The van der Waals surface area contributed by atoms with Gasteiger partial charge in [-0.2, -0.15) is 0 Å². The summed E-state index contributed by atoms with van der Waals surface area (Å²) in [5.74, 6) is 11.3. The van der Waals surface area contributed by atoms with E-state index < -0.39 is 20.5 Å². The lowest BCUT2D eigenvalue weighted by atomic mass is 9.86. The van der Waals surface area contributed by atoms with E-state index in [1.54, 1.807) is 6.20 Å². The van der Waals surface area contributed by atoms with Crippen molar-refractivity contribution >= 4 is 21.8 Å². The maximum Gasteiger partial charge on any atom is 0.328 e. The summed E-state index contributed by atoms with van der Waals surface area (Å²) >= 11 is 0. The van der Waals surface area contributed by atoms with Crippen molar-refractivity contribution < 1.29 is 23.2 Å². The lowest BCUT2D eigenvalue weighted by molar-refractivity contribution is -0.131. The third kappa shape index (κ3) is 4.51. The Labute approximate surface area is 194 Å². The van der Waals surface area contributed by atoms with Crippen LogP contribution in [0.4, 0.5) is 4.79 Å². The van der Waals surface area contributed by atoms with Gasteiger partial charge in [0.15, 0.2) is 14.6 Å². The zero-order chi connectivity index (χ0) is 23.8. The third-order valence-electron chi connectivity index (χ3n) is 7.03. The van der Waals surface area contributed by atoms with E-state index in [4.69, 9.17) is 5.21 Å². The molecule has 10 heteroatoms. The molecule has 3 aliphatic rings. The SMILES string of the molecule is C[C@@](CCN1Cc2cc(C#CC#CC3CN(C4CCC4)C3)cn2C1=O)(C(=O)NO)S(C)(=O)=O. The second-order valence-corrected chi connectivity index (χ2v) is 11.7. The minimum Gasteiger partial charge on any atom is -0.318 e. The first kappa shape index (κ1) is 23.4. The highest BCUT2D eigenvalue weighted by molar-refractivity contribution is 7.92. The molecule has 1 saturated carbocycles. The Hall–Kier alpha value is -2.79. The van der Waals surface area contributed by atoms with Gasteiger partial charge in [-0.15, -0.1) is 0 Å². The molecular formula is C23H28N4O5S. The van der Waals surface area contributed by atoms with Crippen molar-refractivity contribution in [3.63, 3.8) is 0 Å². The molecule has 176 valence electrons. The molecule has 4 rings (SSSR count). The Balaban J connectivity index is 1.32. The number of sulfone groups is 1. The predicted molar refractivity (Wildman–Crippen MR) is 121 cm³/mol. The number of carbonyl (C=O) groups is 2. The number of rotatable bonds is 6. The van der Waals surface area contributed by atoms with E-state index in [2.05, 4.69) is 28.6 Å². The zero-order valence-corrected chi connectivity index (χ0v) is 19.6. The number of fused-ring (bicyclic) bond motifs is 1. The molecule has 33 heavy (non-hydrogen) atoms. The highest BCUT2D eigenvalue weighted by Crippen LogP contribution is 2.30. The quantitative estimate of drug-likeness (QED) is 0.360. The first-order valence-corrected chi connectivity index (χ1v) is 12.9. The zero-order valence-electron chi connectivity index (χ0n) is 18.8. The molecule has 1 atom stereocenters. The number of carbonyl (C=O) groups excluding carboxylic acids is 2. The van der Waals surface area contributed by atoms with Gasteiger partial charge in [-0.3, -0.25) is 19.5 Å². The van der Waals surface area contributed by atoms with E-state index in [1.807, 2.05) is 6.07 Å². The van der Waals surface area contributed by atoms with Gasteiger partial charge in [-0.25, -0.2) is 18.7 Å². The number of hydrogen-bond acceptors (Lipinski definition) is 6. The number of hydroxylamine groups is 1. The van der Waals surface area contributed by atoms with E-state index in [0.29, 0.717) is 11.5 Å². The van der Waals surface area contributed by atoms with Gasteiger partial charge in [0.25, 0.3) is 5.91 Å². The Morgan fingerprint density at radius 2 is 2.03 bits per heavy atom. The molecule has 1 aliphatic carbocycles. The molecule has 2 aliphatic heterocycles. The Morgan fingerprint density at radius 3 is 2.61 bits per heavy atom. The number of aromatic nitrogens is 1. The molecule has 1 aromatic rings. The van der Waals surface area contributed by atoms with Gasteiger partial charge in [-0.1, -0.05) is 18.3 Å². The Kier molecular flexibility index (Phi) is 6.28. The summed E-state index contributed by atoms with van der Waals surface area (Å²) in [4.78, 5) is 28.6. The maximum absolute atomic E-state index is 12.7. The maximum atomic E-state index is 12.7. The highest BCUT2D eigenvalue weighted by Gasteiger charge is 2.44. The van der Waals surface area contributed by atoms with Crippen LogP contribution in [0.25, 0.3) is 0 Å². The normalized spacial score (nSPS) is 20.5. The lowest BCUT2D eigenvalue weighted by Gasteiger charge is -2.46. The fraction of sp³-hybridized carbons (Fsp3) is 0.565. The summed E-state index contributed by atoms with van der Waals surface area (Å²) in [5.41, 5.74) is 2.84. The van der Waals surface area contributed by atoms with Crippen LogP contribution in [-0.4, -0.2) is 76.6 Å². The molecule has 3 heterocycles. The van der Waals surface area contributed by atoms with Crippen molar-refractivity contribution in [2.75, 3.05) is 25.9 Å². The Bertz CT molecular complexity index is 1190. The average molecular weight is 473 g/mol. The molecule has 0 unspecified atom stereocenters. The average Bonchev–Trinajstić information content (AvgIpc) is 3.22. The largest absolute Gasteiger partial charge is 0.328 e. The van der Waals surface area contributed by atoms with Gasteiger partial charge in [0.2, 0.25) is 0 Å². The van der Waals surface area contributed by atoms with Crippen LogP contribution >= 0.6 is 0 Å². The van der Waals surface area contributed by atoms with E-state index in [0.717, 1.165) is 31.1 Å². The minimum atomic E-state index is -3.82. The first-order valence-electron chi connectivity index (χ1n) is 11.0. The van der Waals surface area contributed by atoms with Crippen LogP contribution in [0.1, 0.15) is 43.9 Å². The van der Waals surface area contributed by atoms with Gasteiger partial charge in [0.1, 0.15) is 0 Å². The summed E-state index contributed by atoms with van der Waals surface area (Å²) in [7, 11) is -3.82. The fourth-order valence-electron chi connectivity index (χ4n) is 4.30. The standard InChI is InChI=1S/C23H28N4O5S/c1-23(21(28)24-30,33(2,31)32)10-11-25-16-20-12-17(15-27(20)22(25)29)6-3-4-7-18-13-26(14-18)19-8-5-9-19/h12,15,18-19,30H,5,8-11,13-14,16H2,1-2H3,(H,24,28)/t23-/m1/s1. The summed E-state index contributed by atoms with van der Waals surface area (Å²) in [6.45, 7) is 3.62. The van der Waals surface area contributed by atoms with Crippen LogP contribution < -0.4 is 5.48 Å². The molecule has 0 aromatic carbocycles. The van der Waals surface area contributed by atoms with Crippen molar-refractivity contribution in [1.82, 2.24) is 19.8 Å². The van der Waals surface area contributed by atoms with E-state index in [-0.39, 0.29) is 25.5 Å². The predicted octanol–water partition coefficient (Wildman–Crippen LogP) is 0.810. The van der Waals surface area contributed by atoms with Crippen molar-refractivity contribution in [3.8, 4) is 23.7 Å². The lowest BCUT2D eigenvalue weighted by Crippen LogP contribution is -2.53. The van der Waals surface area contributed by atoms with E-state index in [1.165, 1.54) is 41.1 Å². The summed E-state index contributed by atoms with van der Waals surface area (Å²) < 4.78 is 23.8. The number of amides is 2. The van der Waals surface area contributed by atoms with Crippen molar-refractivity contribution in [1.29, 1.82) is 0 Å². The molecule has 1 aromatic heterocycles. The molecule has 9 nitrogen and oxygen atoms in total. The van der Waals surface area contributed by atoms with Gasteiger partial charge >= 0.3 is 6.03 Å². The van der Waals surface area contributed by atoms with Crippen LogP contribution in [0.15, 0.2) is 12.3 Å². The van der Waals surface area contributed by atoms with Gasteiger partial charge in [0.05, 0.1) is 6.54 Å². The topological polar surface area (TPSA) is 112 Å². The molecule has 0 spiro atoms. The second-order valence-electron chi connectivity index (χ2n) is 9.24. The van der Waals surface area contributed by atoms with Crippen LogP contribution in [0.5, 0.6) is 0 Å². The first-order chi connectivity index (χ1) is 15.6. The van der Waals surface area contributed by atoms with Gasteiger partial charge < -0.3 is 4.90 Å². The van der Waals surface area contributed by atoms with Crippen LogP contribution in [0.3, 0.4) is 0 Å². The van der Waals surface area contributed by atoms with Crippen molar-refractivity contribution in [2.24, 2.45) is 5.92 Å². The summed E-state index contributed by atoms with van der Waals surface area (Å²) in [6, 6.07) is 2.27. The molecule has 0 radical (unpaired) electrons. The molecule has 1 saturated heterocycles. The third-order valence-corrected chi connectivity index (χ3v) is 9.06. The number of likely N-dealkylation sites (tertiary alicyclic amines) is 1. The molecule has 2 N–H and O–H groups in total. The van der Waals surface area contributed by atoms with E-state index >= 15 is 0 Å². The fourth-order valence-corrected chi connectivity index (χ4v) is 5.14. The molecule has 2 amide bonds. The summed E-state index contributed by atoms with van der Waals surface area (Å²) in [6.07, 6.45) is 6.39. The highest BCUT2D eigenvalue weighted by atomic mass is 32.2. The van der Waals surface area contributed by atoms with Gasteiger partial charge in [-0.05, 0) is 44.1 Å². The second kappa shape index (κ2) is 8.86. The molecule has 2 fully saturated rings. The van der Waals surface area contributed by atoms with Crippen molar-refractivity contribution in [3.05, 3.63) is 23.5 Å². The molecular weight excluding hydrogens is 444 g/mol. The van der Waals surface area contributed by atoms with Crippen LogP contribution in [-0.2, 0) is 21.2 Å².